The third-order valence-corrected chi connectivity index (χ3v) is 8.11. The number of aromatic amines is 1. The van der Waals surface area contributed by atoms with Crippen LogP contribution >= 0.6 is 0 Å². The van der Waals surface area contributed by atoms with Crippen molar-refractivity contribution in [3.05, 3.63) is 40.2 Å². The number of pyridine rings is 1. The van der Waals surface area contributed by atoms with Crippen LogP contribution < -0.4 is 10.9 Å². The Morgan fingerprint density at radius 2 is 1.83 bits per heavy atom. The summed E-state index contributed by atoms with van der Waals surface area (Å²) in [6.07, 6.45) is 6.74. The molecule has 2 aromatic rings. The first kappa shape index (κ1) is 20.1. The van der Waals surface area contributed by atoms with E-state index in [0.29, 0.717) is 17.4 Å². The number of piperidine rings is 1. The lowest BCUT2D eigenvalue weighted by atomic mass is 10.1. The summed E-state index contributed by atoms with van der Waals surface area (Å²) in [7, 11) is -3.67. The highest BCUT2D eigenvalue weighted by atomic mass is 32.2. The molecule has 1 aliphatic carbocycles. The Hall–Kier alpha value is -2.19. The van der Waals surface area contributed by atoms with Crippen LogP contribution in [0.1, 0.15) is 62.2 Å². The molecule has 1 aliphatic heterocycles. The van der Waals surface area contributed by atoms with Crippen LogP contribution in [-0.4, -0.2) is 42.2 Å². The summed E-state index contributed by atoms with van der Waals surface area (Å²) in [6.45, 7) is 2.43. The number of carbonyl (C=O) groups excluding carboxylic acids is 1. The van der Waals surface area contributed by atoms with Crippen molar-refractivity contribution in [3.8, 4) is 0 Å². The van der Waals surface area contributed by atoms with Crippen LogP contribution in [0.25, 0.3) is 10.9 Å². The topological polar surface area (TPSA) is 99.3 Å². The van der Waals surface area contributed by atoms with E-state index in [1.807, 2.05) is 6.92 Å². The number of carbonyl (C=O) groups is 1. The van der Waals surface area contributed by atoms with Crippen LogP contribution in [0.4, 0.5) is 0 Å². The molecule has 2 aliphatic rings. The van der Waals surface area contributed by atoms with Gasteiger partial charge in [0.2, 0.25) is 15.6 Å². The Morgan fingerprint density at radius 1 is 1.10 bits per heavy atom. The first-order valence-corrected chi connectivity index (χ1v) is 11.8. The lowest BCUT2D eigenvalue weighted by molar-refractivity contribution is 0.0939. The number of fused-ring (bicyclic) bond motifs is 1. The molecule has 8 heteroatoms. The largest absolute Gasteiger partial charge is 0.349 e. The molecule has 2 heterocycles. The highest BCUT2D eigenvalue weighted by molar-refractivity contribution is 7.89. The Morgan fingerprint density at radius 3 is 2.55 bits per heavy atom. The van der Waals surface area contributed by atoms with Crippen LogP contribution in [0.2, 0.25) is 0 Å². The van der Waals surface area contributed by atoms with Gasteiger partial charge in [-0.15, -0.1) is 0 Å². The van der Waals surface area contributed by atoms with Crippen molar-refractivity contribution in [2.24, 2.45) is 0 Å². The average molecular weight is 418 g/mol. The number of hydrogen-bond donors (Lipinski definition) is 2. The molecule has 7 nitrogen and oxygen atoms in total. The molecular formula is C21H27N3O4S. The zero-order chi connectivity index (χ0) is 20.6. The molecule has 156 valence electrons. The Balaban J connectivity index is 1.75. The summed E-state index contributed by atoms with van der Waals surface area (Å²) in [6, 6.07) is 5.92. The standard InChI is InChI=1S/C21H27N3O4S/c1-14-6-4-5-11-24(14)29(27,28)16-9-10-19-17(12-16)18(13-20(25)23-19)21(26)22-15-7-2-3-8-15/h9-10,12-15H,2-8,11H2,1H3,(H,22,26)(H,23,25). The van der Waals surface area contributed by atoms with Crippen molar-refractivity contribution in [3.63, 3.8) is 0 Å². The first-order valence-electron chi connectivity index (χ1n) is 10.4. The molecule has 0 spiro atoms. The maximum atomic E-state index is 13.2. The second-order valence-corrected chi connectivity index (χ2v) is 10.1. The predicted octanol–water partition coefficient (Wildman–Crippen LogP) is 2.76. The molecule has 0 bridgehead atoms. The van der Waals surface area contributed by atoms with E-state index in [4.69, 9.17) is 0 Å². The average Bonchev–Trinajstić information content (AvgIpc) is 3.20. The van der Waals surface area contributed by atoms with Gasteiger partial charge in [0.1, 0.15) is 0 Å². The number of amides is 1. The van der Waals surface area contributed by atoms with Crippen molar-refractivity contribution in [1.82, 2.24) is 14.6 Å². The second-order valence-electron chi connectivity index (χ2n) is 8.17. The summed E-state index contributed by atoms with van der Waals surface area (Å²) in [4.78, 5) is 27.8. The minimum Gasteiger partial charge on any atom is -0.349 e. The van der Waals surface area contributed by atoms with Gasteiger partial charge in [0.25, 0.3) is 5.91 Å². The molecule has 1 aromatic carbocycles. The van der Waals surface area contributed by atoms with E-state index >= 15 is 0 Å². The molecule has 1 atom stereocenters. The van der Waals surface area contributed by atoms with E-state index in [0.717, 1.165) is 44.9 Å². The third-order valence-electron chi connectivity index (χ3n) is 6.10. The molecule has 1 unspecified atom stereocenters. The van der Waals surface area contributed by atoms with Gasteiger partial charge in [0.05, 0.1) is 10.5 Å². The van der Waals surface area contributed by atoms with Crippen LogP contribution in [0.15, 0.2) is 34.0 Å². The number of hydrogen-bond acceptors (Lipinski definition) is 4. The summed E-state index contributed by atoms with van der Waals surface area (Å²) in [5.41, 5.74) is 0.299. The number of benzene rings is 1. The minimum atomic E-state index is -3.67. The Labute approximate surface area is 170 Å². The molecule has 1 aromatic heterocycles. The fraction of sp³-hybridized carbons (Fsp3) is 0.524. The Kier molecular flexibility index (Phi) is 5.48. The maximum absolute atomic E-state index is 13.2. The van der Waals surface area contributed by atoms with Crippen LogP contribution in [0.3, 0.4) is 0 Å². The highest BCUT2D eigenvalue weighted by Crippen LogP contribution is 2.28. The fourth-order valence-electron chi connectivity index (χ4n) is 4.48. The molecule has 1 saturated heterocycles. The number of aromatic nitrogens is 1. The van der Waals surface area contributed by atoms with Crippen molar-refractivity contribution >= 4 is 26.8 Å². The number of H-pyrrole nitrogens is 1. The van der Waals surface area contributed by atoms with Crippen molar-refractivity contribution < 1.29 is 13.2 Å². The van der Waals surface area contributed by atoms with Gasteiger partial charge < -0.3 is 10.3 Å². The van der Waals surface area contributed by atoms with E-state index in [2.05, 4.69) is 10.3 Å². The van der Waals surface area contributed by atoms with Crippen LogP contribution in [-0.2, 0) is 10.0 Å². The van der Waals surface area contributed by atoms with Gasteiger partial charge in [-0.3, -0.25) is 9.59 Å². The minimum absolute atomic E-state index is 0.0508. The van der Waals surface area contributed by atoms with E-state index < -0.39 is 10.0 Å². The van der Waals surface area contributed by atoms with Crippen molar-refractivity contribution in [2.45, 2.75) is 68.8 Å². The van der Waals surface area contributed by atoms with Gasteiger partial charge in [0.15, 0.2) is 0 Å². The monoisotopic (exact) mass is 417 g/mol. The molecule has 1 saturated carbocycles. The van der Waals surface area contributed by atoms with E-state index in [1.54, 1.807) is 10.4 Å². The van der Waals surface area contributed by atoms with Crippen LogP contribution in [0.5, 0.6) is 0 Å². The summed E-state index contributed by atoms with van der Waals surface area (Å²) >= 11 is 0. The highest BCUT2D eigenvalue weighted by Gasteiger charge is 2.31. The normalized spacial score (nSPS) is 21.5. The van der Waals surface area contributed by atoms with Gasteiger partial charge in [-0.2, -0.15) is 4.31 Å². The Bertz CT molecular complexity index is 1090. The van der Waals surface area contributed by atoms with Gasteiger partial charge in [0, 0.05) is 35.6 Å². The lowest BCUT2D eigenvalue weighted by Gasteiger charge is -2.32. The number of sulfonamides is 1. The molecule has 1 amide bonds. The number of nitrogens with zero attached hydrogens (tertiary/aromatic N) is 1. The molecular weight excluding hydrogens is 390 g/mol. The first-order chi connectivity index (χ1) is 13.9. The third kappa shape index (κ3) is 3.96. The van der Waals surface area contributed by atoms with Gasteiger partial charge in [-0.25, -0.2) is 8.42 Å². The quantitative estimate of drug-likeness (QED) is 0.799. The molecule has 4 rings (SSSR count). The summed E-state index contributed by atoms with van der Waals surface area (Å²) in [5, 5.41) is 3.44. The fourth-order valence-corrected chi connectivity index (χ4v) is 6.20. The second kappa shape index (κ2) is 7.91. The smallest absolute Gasteiger partial charge is 0.252 e. The zero-order valence-corrected chi connectivity index (χ0v) is 17.4. The lowest BCUT2D eigenvalue weighted by Crippen LogP contribution is -2.41. The summed E-state index contributed by atoms with van der Waals surface area (Å²) in [5.74, 6) is -0.325. The summed E-state index contributed by atoms with van der Waals surface area (Å²) < 4.78 is 28.0. The molecule has 2 N–H and O–H groups in total. The SMILES string of the molecule is CC1CCCCN1S(=O)(=O)c1ccc2[nH]c(=O)cc(C(=O)NC3CCCC3)c2c1. The van der Waals surface area contributed by atoms with E-state index in [9.17, 15) is 18.0 Å². The maximum Gasteiger partial charge on any atom is 0.252 e. The van der Waals surface area contributed by atoms with Gasteiger partial charge >= 0.3 is 0 Å². The molecule has 29 heavy (non-hydrogen) atoms. The van der Waals surface area contributed by atoms with E-state index in [-0.39, 0.29) is 34.0 Å². The van der Waals surface area contributed by atoms with Gasteiger partial charge in [-0.1, -0.05) is 19.3 Å². The van der Waals surface area contributed by atoms with E-state index in [1.165, 1.54) is 18.2 Å². The van der Waals surface area contributed by atoms with Crippen LogP contribution in [0, 0.1) is 0 Å². The zero-order valence-electron chi connectivity index (χ0n) is 16.6. The number of rotatable bonds is 4. The van der Waals surface area contributed by atoms with Crippen molar-refractivity contribution in [2.75, 3.05) is 6.54 Å². The molecule has 0 radical (unpaired) electrons. The van der Waals surface area contributed by atoms with Crippen molar-refractivity contribution in [1.29, 1.82) is 0 Å². The molecule has 2 fully saturated rings. The predicted molar refractivity (Wildman–Crippen MR) is 111 cm³/mol. The van der Waals surface area contributed by atoms with Gasteiger partial charge in [-0.05, 0) is 50.8 Å². The number of nitrogens with one attached hydrogen (secondary N) is 2.